The van der Waals surface area contributed by atoms with Gasteiger partial charge in [0.15, 0.2) is 0 Å². The molecule has 2 rings (SSSR count). The summed E-state index contributed by atoms with van der Waals surface area (Å²) in [6.45, 7) is 2.60. The minimum absolute atomic E-state index is 0.105. The van der Waals surface area contributed by atoms with Gasteiger partial charge in [-0.05, 0) is 24.6 Å². The summed E-state index contributed by atoms with van der Waals surface area (Å²) in [7, 11) is 0. The van der Waals surface area contributed by atoms with Crippen molar-refractivity contribution in [2.24, 2.45) is 0 Å². The summed E-state index contributed by atoms with van der Waals surface area (Å²) in [6, 6.07) is 20.1. The topological polar surface area (TPSA) is 33.0 Å². The van der Waals surface area contributed by atoms with Crippen LogP contribution in [0.4, 0.5) is 0 Å². The first-order chi connectivity index (χ1) is 9.29. The predicted octanol–water partition coefficient (Wildman–Crippen LogP) is 4.07. The van der Waals surface area contributed by atoms with E-state index in [0.29, 0.717) is 13.0 Å². The molecule has 2 heteroatoms. The second kappa shape index (κ2) is 6.61. The zero-order valence-corrected chi connectivity index (χ0v) is 11.0. The Kier molecular flexibility index (Phi) is 4.58. The molecule has 19 heavy (non-hydrogen) atoms. The molecule has 0 saturated heterocycles. The third-order valence-corrected chi connectivity index (χ3v) is 3.05. The molecule has 0 fully saturated rings. The number of hydrogen-bond donors (Lipinski definition) is 0. The number of hydrogen-bond acceptors (Lipinski definition) is 2. The maximum absolute atomic E-state index is 9.21. The molecule has 0 N–H and O–H groups in total. The van der Waals surface area contributed by atoms with E-state index in [-0.39, 0.29) is 5.92 Å². The zero-order valence-electron chi connectivity index (χ0n) is 11.0. The molecule has 0 aliphatic carbocycles. The third-order valence-electron chi connectivity index (χ3n) is 3.05. The van der Waals surface area contributed by atoms with Crippen molar-refractivity contribution < 1.29 is 4.74 Å². The Morgan fingerprint density at radius 2 is 1.74 bits per heavy atom. The highest BCUT2D eigenvalue weighted by Gasteiger charge is 2.09. The molecule has 0 saturated carbocycles. The average Bonchev–Trinajstić information content (AvgIpc) is 2.46. The van der Waals surface area contributed by atoms with E-state index in [1.54, 1.807) is 0 Å². The summed E-state index contributed by atoms with van der Waals surface area (Å²) in [5.74, 6) is 0.752. The van der Waals surface area contributed by atoms with Crippen molar-refractivity contribution in [2.45, 2.75) is 19.3 Å². The van der Waals surface area contributed by atoms with Crippen LogP contribution in [0.15, 0.2) is 54.6 Å². The van der Waals surface area contributed by atoms with E-state index in [2.05, 4.69) is 6.07 Å². The van der Waals surface area contributed by atoms with Crippen LogP contribution < -0.4 is 4.74 Å². The molecule has 0 radical (unpaired) electrons. The Balaban J connectivity index is 1.88. The molecule has 96 valence electrons. The summed E-state index contributed by atoms with van der Waals surface area (Å²) in [4.78, 5) is 0. The van der Waals surface area contributed by atoms with Crippen LogP contribution in [0.2, 0.25) is 0 Å². The summed E-state index contributed by atoms with van der Waals surface area (Å²) in [5.41, 5.74) is 2.27. The second-order valence-corrected chi connectivity index (χ2v) is 4.54. The van der Waals surface area contributed by atoms with Gasteiger partial charge in [0, 0.05) is 6.42 Å². The number of ether oxygens (including phenoxy) is 1. The molecule has 0 aliphatic heterocycles. The van der Waals surface area contributed by atoms with Crippen molar-refractivity contribution in [3.8, 4) is 11.8 Å². The van der Waals surface area contributed by atoms with Crippen LogP contribution >= 0.6 is 0 Å². The molecular formula is C17H17NO. The van der Waals surface area contributed by atoms with Gasteiger partial charge in [0.25, 0.3) is 0 Å². The second-order valence-electron chi connectivity index (χ2n) is 4.54. The first-order valence-corrected chi connectivity index (χ1v) is 6.43. The average molecular weight is 251 g/mol. The highest BCUT2D eigenvalue weighted by Crippen LogP contribution is 2.19. The zero-order chi connectivity index (χ0) is 13.5. The van der Waals surface area contributed by atoms with E-state index in [4.69, 9.17) is 4.74 Å². The van der Waals surface area contributed by atoms with E-state index in [9.17, 15) is 5.26 Å². The van der Waals surface area contributed by atoms with Crippen molar-refractivity contribution >= 4 is 0 Å². The van der Waals surface area contributed by atoms with Crippen molar-refractivity contribution in [3.05, 3.63) is 65.7 Å². The fourth-order valence-electron chi connectivity index (χ4n) is 1.92. The lowest BCUT2D eigenvalue weighted by Crippen LogP contribution is -2.04. The van der Waals surface area contributed by atoms with E-state index in [1.807, 2.05) is 61.5 Å². The van der Waals surface area contributed by atoms with Crippen molar-refractivity contribution in [2.75, 3.05) is 6.61 Å². The lowest BCUT2D eigenvalue weighted by atomic mass is 9.98. The van der Waals surface area contributed by atoms with Gasteiger partial charge in [-0.1, -0.05) is 48.0 Å². The van der Waals surface area contributed by atoms with Crippen LogP contribution in [0, 0.1) is 18.3 Å². The molecular weight excluding hydrogens is 234 g/mol. The van der Waals surface area contributed by atoms with E-state index < -0.39 is 0 Å². The molecule has 1 atom stereocenters. The predicted molar refractivity (Wildman–Crippen MR) is 76.1 cm³/mol. The maximum Gasteiger partial charge on any atom is 0.119 e. The lowest BCUT2D eigenvalue weighted by Gasteiger charge is -2.10. The third kappa shape index (κ3) is 3.86. The van der Waals surface area contributed by atoms with Crippen molar-refractivity contribution in [3.63, 3.8) is 0 Å². The van der Waals surface area contributed by atoms with Crippen molar-refractivity contribution in [1.82, 2.24) is 0 Å². The van der Waals surface area contributed by atoms with E-state index in [1.165, 1.54) is 5.56 Å². The fourth-order valence-corrected chi connectivity index (χ4v) is 1.92. The van der Waals surface area contributed by atoms with Gasteiger partial charge in [-0.15, -0.1) is 0 Å². The number of nitriles is 1. The molecule has 0 aliphatic rings. The molecule has 0 bridgehead atoms. The van der Waals surface area contributed by atoms with Gasteiger partial charge in [-0.2, -0.15) is 5.26 Å². The van der Waals surface area contributed by atoms with Gasteiger partial charge in [-0.3, -0.25) is 0 Å². The van der Waals surface area contributed by atoms with Gasteiger partial charge in [-0.25, -0.2) is 0 Å². The summed E-state index contributed by atoms with van der Waals surface area (Å²) in [5, 5.41) is 9.21. The summed E-state index contributed by atoms with van der Waals surface area (Å²) >= 11 is 0. The van der Waals surface area contributed by atoms with Crippen LogP contribution in [0.5, 0.6) is 5.75 Å². The standard InChI is InChI=1S/C17H17NO/c1-14-7-9-17(10-8-14)19-12-11-16(13-18)15-5-3-2-4-6-15/h2-10,16H,11-12H2,1H3. The maximum atomic E-state index is 9.21. The minimum atomic E-state index is -0.105. The normalized spacial score (nSPS) is 11.6. The van der Waals surface area contributed by atoms with E-state index >= 15 is 0 Å². The first kappa shape index (κ1) is 13.2. The molecule has 0 aromatic heterocycles. The van der Waals surface area contributed by atoms with Gasteiger partial charge < -0.3 is 4.74 Å². The van der Waals surface area contributed by atoms with Crippen LogP contribution in [0.3, 0.4) is 0 Å². The summed E-state index contributed by atoms with van der Waals surface area (Å²) < 4.78 is 5.66. The van der Waals surface area contributed by atoms with Gasteiger partial charge >= 0.3 is 0 Å². The number of nitrogens with zero attached hydrogens (tertiary/aromatic N) is 1. The van der Waals surface area contributed by atoms with Crippen molar-refractivity contribution in [1.29, 1.82) is 5.26 Å². The van der Waals surface area contributed by atoms with Gasteiger partial charge in [0.2, 0.25) is 0 Å². The quantitative estimate of drug-likeness (QED) is 0.802. The van der Waals surface area contributed by atoms with Crippen LogP contribution in [0.1, 0.15) is 23.5 Å². The Hall–Kier alpha value is -2.27. The number of benzene rings is 2. The molecule has 2 aromatic rings. The first-order valence-electron chi connectivity index (χ1n) is 6.43. The Bertz CT molecular complexity index is 540. The minimum Gasteiger partial charge on any atom is -0.494 e. The molecule has 2 aromatic carbocycles. The monoisotopic (exact) mass is 251 g/mol. The van der Waals surface area contributed by atoms with Crippen LogP contribution in [0.25, 0.3) is 0 Å². The Labute approximate surface area is 114 Å². The SMILES string of the molecule is Cc1ccc(OCCC(C#N)c2ccccc2)cc1. The fraction of sp³-hybridized carbons (Fsp3) is 0.235. The number of aryl methyl sites for hydroxylation is 1. The molecule has 0 heterocycles. The molecule has 1 unspecified atom stereocenters. The molecule has 0 amide bonds. The lowest BCUT2D eigenvalue weighted by molar-refractivity contribution is 0.306. The largest absolute Gasteiger partial charge is 0.494 e. The smallest absolute Gasteiger partial charge is 0.119 e. The molecule has 2 nitrogen and oxygen atoms in total. The molecule has 0 spiro atoms. The summed E-state index contributed by atoms with van der Waals surface area (Å²) in [6.07, 6.45) is 0.703. The van der Waals surface area contributed by atoms with Crippen LogP contribution in [-0.2, 0) is 0 Å². The van der Waals surface area contributed by atoms with E-state index in [0.717, 1.165) is 11.3 Å². The Morgan fingerprint density at radius 3 is 2.37 bits per heavy atom. The number of rotatable bonds is 5. The highest BCUT2D eigenvalue weighted by molar-refractivity contribution is 5.27. The van der Waals surface area contributed by atoms with Gasteiger partial charge in [0.05, 0.1) is 18.6 Å². The van der Waals surface area contributed by atoms with Gasteiger partial charge in [0.1, 0.15) is 5.75 Å². The Morgan fingerprint density at radius 1 is 1.05 bits per heavy atom. The van der Waals surface area contributed by atoms with Crippen LogP contribution in [-0.4, -0.2) is 6.61 Å². The highest BCUT2D eigenvalue weighted by atomic mass is 16.5.